The summed E-state index contributed by atoms with van der Waals surface area (Å²) in [5.74, 6) is 1.05. The lowest BCUT2D eigenvalue weighted by Gasteiger charge is -2.03. The maximum atomic E-state index is 5.41. The third-order valence-corrected chi connectivity index (χ3v) is 1.61. The first-order valence-corrected chi connectivity index (χ1v) is 4.09. The molecule has 0 radical (unpaired) electrons. The number of anilines is 3. The standard InChI is InChI=1S/C9H9N5/c10-8-5-13-9(6-12-8)14-7-2-1-3-11-4-7/h1-6H,(H2,10,12)(H,13,14). The fourth-order valence-corrected chi connectivity index (χ4v) is 0.987. The third kappa shape index (κ3) is 1.95. The first kappa shape index (κ1) is 8.43. The number of pyridine rings is 1. The Kier molecular flexibility index (Phi) is 2.22. The Morgan fingerprint density at radius 3 is 2.71 bits per heavy atom. The molecule has 5 heteroatoms. The van der Waals surface area contributed by atoms with E-state index in [1.165, 1.54) is 6.20 Å². The number of aromatic nitrogens is 3. The van der Waals surface area contributed by atoms with Gasteiger partial charge in [0.2, 0.25) is 0 Å². The lowest BCUT2D eigenvalue weighted by molar-refractivity contribution is 1.20. The van der Waals surface area contributed by atoms with Gasteiger partial charge in [-0.05, 0) is 12.1 Å². The lowest BCUT2D eigenvalue weighted by atomic mass is 10.4. The van der Waals surface area contributed by atoms with E-state index in [-0.39, 0.29) is 0 Å². The summed E-state index contributed by atoms with van der Waals surface area (Å²) < 4.78 is 0. The second kappa shape index (κ2) is 3.69. The van der Waals surface area contributed by atoms with Crippen molar-refractivity contribution in [2.24, 2.45) is 0 Å². The van der Waals surface area contributed by atoms with Crippen LogP contribution in [0.1, 0.15) is 0 Å². The van der Waals surface area contributed by atoms with E-state index in [4.69, 9.17) is 5.73 Å². The molecule has 0 aromatic carbocycles. The van der Waals surface area contributed by atoms with Crippen molar-refractivity contribution < 1.29 is 0 Å². The van der Waals surface area contributed by atoms with Crippen molar-refractivity contribution in [3.8, 4) is 0 Å². The van der Waals surface area contributed by atoms with Crippen molar-refractivity contribution in [3.05, 3.63) is 36.9 Å². The zero-order valence-electron chi connectivity index (χ0n) is 7.38. The highest BCUT2D eigenvalue weighted by Crippen LogP contribution is 2.11. The van der Waals surface area contributed by atoms with Crippen LogP contribution in [0.2, 0.25) is 0 Å². The van der Waals surface area contributed by atoms with Gasteiger partial charge >= 0.3 is 0 Å². The Balaban J connectivity index is 2.16. The quantitative estimate of drug-likeness (QED) is 0.738. The summed E-state index contributed by atoms with van der Waals surface area (Å²) in [6.07, 6.45) is 6.49. The molecule has 2 aromatic heterocycles. The van der Waals surface area contributed by atoms with Crippen molar-refractivity contribution in [2.75, 3.05) is 11.1 Å². The second-order valence-corrected chi connectivity index (χ2v) is 2.69. The molecule has 2 heterocycles. The zero-order valence-corrected chi connectivity index (χ0v) is 7.38. The molecule has 5 nitrogen and oxygen atoms in total. The molecule has 2 aromatic rings. The minimum Gasteiger partial charge on any atom is -0.382 e. The molecule has 14 heavy (non-hydrogen) atoms. The number of hydrogen-bond donors (Lipinski definition) is 2. The molecule has 0 atom stereocenters. The number of rotatable bonds is 2. The van der Waals surface area contributed by atoms with E-state index in [1.807, 2.05) is 12.1 Å². The molecule has 0 saturated heterocycles. The van der Waals surface area contributed by atoms with Gasteiger partial charge < -0.3 is 11.1 Å². The van der Waals surface area contributed by atoms with E-state index in [9.17, 15) is 0 Å². The minimum atomic E-state index is 0.404. The van der Waals surface area contributed by atoms with Crippen LogP contribution in [0.3, 0.4) is 0 Å². The third-order valence-electron chi connectivity index (χ3n) is 1.61. The number of nitrogens with two attached hydrogens (primary N) is 1. The van der Waals surface area contributed by atoms with Crippen LogP contribution in [-0.2, 0) is 0 Å². The van der Waals surface area contributed by atoms with Gasteiger partial charge in [-0.1, -0.05) is 0 Å². The minimum absolute atomic E-state index is 0.404. The summed E-state index contributed by atoms with van der Waals surface area (Å²) in [6, 6.07) is 3.73. The highest BCUT2D eigenvalue weighted by Gasteiger charge is 1.95. The van der Waals surface area contributed by atoms with E-state index in [0.29, 0.717) is 11.6 Å². The molecule has 0 aliphatic carbocycles. The van der Waals surface area contributed by atoms with E-state index >= 15 is 0 Å². The highest BCUT2D eigenvalue weighted by atomic mass is 15.0. The van der Waals surface area contributed by atoms with Crippen LogP contribution in [-0.4, -0.2) is 15.0 Å². The molecule has 0 saturated carbocycles. The van der Waals surface area contributed by atoms with Crippen molar-refractivity contribution in [1.29, 1.82) is 0 Å². The predicted molar refractivity (Wildman–Crippen MR) is 54.0 cm³/mol. The molecule has 70 valence electrons. The van der Waals surface area contributed by atoms with Crippen molar-refractivity contribution in [3.63, 3.8) is 0 Å². The van der Waals surface area contributed by atoms with Gasteiger partial charge in [0.25, 0.3) is 0 Å². The molecule has 0 spiro atoms. The molecule has 2 rings (SSSR count). The van der Waals surface area contributed by atoms with Gasteiger partial charge in [0.05, 0.1) is 24.3 Å². The normalized spacial score (nSPS) is 9.71. The van der Waals surface area contributed by atoms with Gasteiger partial charge in [-0.3, -0.25) is 4.98 Å². The number of nitrogens with one attached hydrogen (secondary N) is 1. The van der Waals surface area contributed by atoms with E-state index in [1.54, 1.807) is 18.6 Å². The van der Waals surface area contributed by atoms with Crippen molar-refractivity contribution in [1.82, 2.24) is 15.0 Å². The van der Waals surface area contributed by atoms with Gasteiger partial charge in [0.15, 0.2) is 0 Å². The van der Waals surface area contributed by atoms with Crippen molar-refractivity contribution >= 4 is 17.3 Å². The average molecular weight is 187 g/mol. The summed E-state index contributed by atoms with van der Waals surface area (Å²) in [4.78, 5) is 11.9. The molecule has 0 aliphatic rings. The van der Waals surface area contributed by atoms with Crippen LogP contribution in [0, 0.1) is 0 Å². The Labute approximate surface area is 81.0 Å². The summed E-state index contributed by atoms with van der Waals surface area (Å²) >= 11 is 0. The largest absolute Gasteiger partial charge is 0.382 e. The molecule has 3 N–H and O–H groups in total. The summed E-state index contributed by atoms with van der Waals surface area (Å²) in [5, 5.41) is 3.04. The first-order valence-electron chi connectivity index (χ1n) is 4.09. The highest BCUT2D eigenvalue weighted by molar-refractivity contribution is 5.53. The Morgan fingerprint density at radius 1 is 1.14 bits per heavy atom. The molecule has 0 aliphatic heterocycles. The van der Waals surface area contributed by atoms with E-state index in [0.717, 1.165) is 5.69 Å². The lowest BCUT2D eigenvalue weighted by Crippen LogP contribution is -1.97. The van der Waals surface area contributed by atoms with E-state index in [2.05, 4.69) is 20.3 Å². The maximum Gasteiger partial charge on any atom is 0.149 e. The average Bonchev–Trinajstić information content (AvgIpc) is 2.23. The molecular weight excluding hydrogens is 178 g/mol. The first-order chi connectivity index (χ1) is 6.84. The maximum absolute atomic E-state index is 5.41. The van der Waals surface area contributed by atoms with Crippen LogP contribution in [0.4, 0.5) is 17.3 Å². The Hall–Kier alpha value is -2.17. The molecule has 0 bridgehead atoms. The molecule has 0 unspecified atom stereocenters. The zero-order chi connectivity index (χ0) is 9.80. The fraction of sp³-hybridized carbons (Fsp3) is 0. The monoisotopic (exact) mass is 187 g/mol. The van der Waals surface area contributed by atoms with Gasteiger partial charge in [-0.15, -0.1) is 0 Å². The molecule has 0 fully saturated rings. The molecular formula is C9H9N5. The predicted octanol–water partition coefficient (Wildman–Crippen LogP) is 1.20. The summed E-state index contributed by atoms with van der Waals surface area (Å²) in [7, 11) is 0. The number of nitrogens with zero attached hydrogens (tertiary/aromatic N) is 3. The van der Waals surface area contributed by atoms with Gasteiger partial charge in [0.1, 0.15) is 11.6 Å². The van der Waals surface area contributed by atoms with Crippen molar-refractivity contribution in [2.45, 2.75) is 0 Å². The SMILES string of the molecule is Nc1cnc(Nc2cccnc2)cn1. The number of nitrogen functional groups attached to an aromatic ring is 1. The second-order valence-electron chi connectivity index (χ2n) is 2.69. The Bertz CT molecular complexity index is 397. The summed E-state index contributed by atoms with van der Waals surface area (Å²) in [6.45, 7) is 0. The summed E-state index contributed by atoms with van der Waals surface area (Å²) in [5.41, 5.74) is 6.27. The smallest absolute Gasteiger partial charge is 0.149 e. The van der Waals surface area contributed by atoms with Crippen LogP contribution < -0.4 is 11.1 Å². The fourth-order valence-electron chi connectivity index (χ4n) is 0.987. The van der Waals surface area contributed by atoms with E-state index < -0.39 is 0 Å². The van der Waals surface area contributed by atoms with Crippen LogP contribution in [0.25, 0.3) is 0 Å². The van der Waals surface area contributed by atoms with Crippen LogP contribution >= 0.6 is 0 Å². The van der Waals surface area contributed by atoms with Gasteiger partial charge in [-0.2, -0.15) is 0 Å². The van der Waals surface area contributed by atoms with Crippen LogP contribution in [0.15, 0.2) is 36.9 Å². The molecule has 0 amide bonds. The topological polar surface area (TPSA) is 76.7 Å². The number of hydrogen-bond acceptors (Lipinski definition) is 5. The Morgan fingerprint density at radius 2 is 2.07 bits per heavy atom. The van der Waals surface area contributed by atoms with Crippen LogP contribution in [0.5, 0.6) is 0 Å². The van der Waals surface area contributed by atoms with Gasteiger partial charge in [-0.25, -0.2) is 9.97 Å². The van der Waals surface area contributed by atoms with Gasteiger partial charge in [0, 0.05) is 6.20 Å².